The fourth-order valence-electron chi connectivity index (χ4n) is 2.02. The van der Waals surface area contributed by atoms with E-state index in [-0.39, 0.29) is 4.90 Å². The van der Waals surface area contributed by atoms with Gasteiger partial charge < -0.3 is 10.1 Å². The quantitative estimate of drug-likeness (QED) is 0.772. The van der Waals surface area contributed by atoms with E-state index < -0.39 is 15.6 Å². The van der Waals surface area contributed by atoms with Gasteiger partial charge in [0.2, 0.25) is 10.0 Å². The summed E-state index contributed by atoms with van der Waals surface area (Å²) in [5.74, 6) is 0.358. The van der Waals surface area contributed by atoms with Crippen LogP contribution in [0.2, 0.25) is 0 Å². The standard InChI is InChI=1S/C15H26N2O3S/c1-6-15(3,7-2)17-21(18,19)14-10-12(11-16-4)8-9-13(14)20-5/h8-10,16-17H,6-7,11H2,1-5H3. The summed E-state index contributed by atoms with van der Waals surface area (Å²) in [7, 11) is -0.330. The van der Waals surface area contributed by atoms with Crippen molar-refractivity contribution in [3.05, 3.63) is 23.8 Å². The van der Waals surface area contributed by atoms with Crippen LogP contribution in [0.25, 0.3) is 0 Å². The number of sulfonamides is 1. The topological polar surface area (TPSA) is 67.4 Å². The van der Waals surface area contributed by atoms with Crippen molar-refractivity contribution < 1.29 is 13.2 Å². The Morgan fingerprint density at radius 3 is 2.33 bits per heavy atom. The molecule has 0 atom stereocenters. The molecule has 2 N–H and O–H groups in total. The predicted octanol–water partition coefficient (Wildman–Crippen LogP) is 2.27. The second-order valence-corrected chi connectivity index (χ2v) is 7.04. The summed E-state index contributed by atoms with van der Waals surface area (Å²) in [5, 5.41) is 3.01. The van der Waals surface area contributed by atoms with Crippen LogP contribution in [-0.4, -0.2) is 28.1 Å². The van der Waals surface area contributed by atoms with Crippen LogP contribution in [0.4, 0.5) is 0 Å². The molecule has 0 bridgehead atoms. The molecular formula is C15H26N2O3S. The molecule has 0 aliphatic carbocycles. The molecule has 120 valence electrons. The smallest absolute Gasteiger partial charge is 0.244 e. The maximum Gasteiger partial charge on any atom is 0.244 e. The molecule has 0 fully saturated rings. The van der Waals surface area contributed by atoms with Crippen molar-refractivity contribution in [2.24, 2.45) is 0 Å². The Morgan fingerprint density at radius 1 is 1.24 bits per heavy atom. The van der Waals surface area contributed by atoms with Crippen molar-refractivity contribution in [1.29, 1.82) is 0 Å². The van der Waals surface area contributed by atoms with E-state index in [4.69, 9.17) is 4.74 Å². The number of hydrogen-bond donors (Lipinski definition) is 2. The lowest BCUT2D eigenvalue weighted by Gasteiger charge is -2.28. The summed E-state index contributed by atoms with van der Waals surface area (Å²) in [6.45, 7) is 6.46. The molecule has 5 nitrogen and oxygen atoms in total. The minimum absolute atomic E-state index is 0.186. The van der Waals surface area contributed by atoms with Gasteiger partial charge in [0, 0.05) is 12.1 Å². The highest BCUT2D eigenvalue weighted by Gasteiger charge is 2.29. The number of ether oxygens (including phenoxy) is 1. The maximum atomic E-state index is 12.7. The summed E-state index contributed by atoms with van der Waals surface area (Å²) in [6, 6.07) is 5.20. The van der Waals surface area contributed by atoms with Crippen LogP contribution in [0.3, 0.4) is 0 Å². The van der Waals surface area contributed by atoms with Crippen LogP contribution in [0, 0.1) is 0 Å². The van der Waals surface area contributed by atoms with Gasteiger partial charge in [0.25, 0.3) is 0 Å². The second kappa shape index (κ2) is 7.24. The SMILES string of the molecule is CCC(C)(CC)NS(=O)(=O)c1cc(CNC)ccc1OC. The van der Waals surface area contributed by atoms with Gasteiger partial charge in [-0.3, -0.25) is 0 Å². The molecule has 0 saturated heterocycles. The average Bonchev–Trinajstić information content (AvgIpc) is 2.47. The van der Waals surface area contributed by atoms with Crippen LogP contribution < -0.4 is 14.8 Å². The first-order valence-electron chi connectivity index (χ1n) is 7.17. The molecule has 1 rings (SSSR count). The van der Waals surface area contributed by atoms with Gasteiger partial charge in [-0.2, -0.15) is 0 Å². The Morgan fingerprint density at radius 2 is 1.86 bits per heavy atom. The van der Waals surface area contributed by atoms with E-state index in [2.05, 4.69) is 10.0 Å². The van der Waals surface area contributed by atoms with Crippen molar-refractivity contribution in [1.82, 2.24) is 10.0 Å². The molecule has 1 aromatic rings. The lowest BCUT2D eigenvalue weighted by atomic mass is 9.98. The molecule has 0 unspecified atom stereocenters. The highest BCUT2D eigenvalue weighted by Crippen LogP contribution is 2.27. The molecule has 0 aromatic heterocycles. The molecule has 6 heteroatoms. The van der Waals surface area contributed by atoms with E-state index in [1.54, 1.807) is 12.1 Å². The Hall–Kier alpha value is -1.11. The van der Waals surface area contributed by atoms with Crippen molar-refractivity contribution in [3.63, 3.8) is 0 Å². The van der Waals surface area contributed by atoms with Crippen LogP contribution in [0.1, 0.15) is 39.2 Å². The molecule has 0 heterocycles. The summed E-state index contributed by atoms with van der Waals surface area (Å²) in [5.41, 5.74) is 0.441. The molecule has 1 aromatic carbocycles. The monoisotopic (exact) mass is 314 g/mol. The van der Waals surface area contributed by atoms with Crippen molar-refractivity contribution in [2.75, 3.05) is 14.2 Å². The maximum absolute atomic E-state index is 12.7. The normalized spacial score (nSPS) is 12.4. The number of hydrogen-bond acceptors (Lipinski definition) is 4. The van der Waals surface area contributed by atoms with Gasteiger partial charge >= 0.3 is 0 Å². The van der Waals surface area contributed by atoms with Gasteiger partial charge in [-0.1, -0.05) is 19.9 Å². The van der Waals surface area contributed by atoms with Gasteiger partial charge in [-0.25, -0.2) is 13.1 Å². The fourth-order valence-corrected chi connectivity index (χ4v) is 3.79. The number of rotatable bonds is 8. The summed E-state index contributed by atoms with van der Waals surface area (Å²) >= 11 is 0. The van der Waals surface area contributed by atoms with E-state index in [1.165, 1.54) is 7.11 Å². The van der Waals surface area contributed by atoms with Crippen molar-refractivity contribution in [2.45, 2.75) is 50.6 Å². The Labute approximate surface area is 128 Å². The number of methoxy groups -OCH3 is 1. The summed E-state index contributed by atoms with van der Waals surface area (Å²) in [4.78, 5) is 0.186. The third-order valence-corrected chi connectivity index (χ3v) is 5.50. The zero-order valence-electron chi connectivity index (χ0n) is 13.5. The van der Waals surface area contributed by atoms with Crippen LogP contribution in [0.15, 0.2) is 23.1 Å². The van der Waals surface area contributed by atoms with Gasteiger partial charge in [0.1, 0.15) is 10.6 Å². The van der Waals surface area contributed by atoms with Gasteiger partial charge in [-0.15, -0.1) is 0 Å². The van der Waals surface area contributed by atoms with Gasteiger partial charge in [0.05, 0.1) is 7.11 Å². The largest absolute Gasteiger partial charge is 0.495 e. The van der Waals surface area contributed by atoms with E-state index in [0.29, 0.717) is 12.3 Å². The van der Waals surface area contributed by atoms with Crippen LogP contribution in [-0.2, 0) is 16.6 Å². The zero-order valence-corrected chi connectivity index (χ0v) is 14.3. The minimum Gasteiger partial charge on any atom is -0.495 e. The average molecular weight is 314 g/mol. The van der Waals surface area contributed by atoms with Gasteiger partial charge in [0.15, 0.2) is 0 Å². The summed E-state index contributed by atoms with van der Waals surface area (Å²) < 4.78 is 33.4. The van der Waals surface area contributed by atoms with E-state index in [9.17, 15) is 8.42 Å². The molecule has 0 aliphatic rings. The second-order valence-electron chi connectivity index (χ2n) is 5.39. The first kappa shape index (κ1) is 17.9. The molecule has 0 saturated carbocycles. The Bertz CT molecular complexity index is 566. The predicted molar refractivity (Wildman–Crippen MR) is 85.1 cm³/mol. The van der Waals surface area contributed by atoms with Crippen molar-refractivity contribution >= 4 is 10.0 Å². The lowest BCUT2D eigenvalue weighted by Crippen LogP contribution is -2.44. The number of nitrogens with one attached hydrogen (secondary N) is 2. The molecule has 21 heavy (non-hydrogen) atoms. The van der Waals surface area contributed by atoms with E-state index in [0.717, 1.165) is 18.4 Å². The third-order valence-electron chi connectivity index (χ3n) is 3.84. The first-order valence-corrected chi connectivity index (χ1v) is 8.65. The Balaban J connectivity index is 3.25. The number of benzene rings is 1. The first-order chi connectivity index (χ1) is 9.81. The third kappa shape index (κ3) is 4.43. The van der Waals surface area contributed by atoms with Crippen LogP contribution >= 0.6 is 0 Å². The minimum atomic E-state index is -3.63. The molecule has 0 radical (unpaired) electrons. The lowest BCUT2D eigenvalue weighted by molar-refractivity contribution is 0.382. The van der Waals surface area contributed by atoms with E-state index in [1.807, 2.05) is 33.9 Å². The zero-order chi connectivity index (χ0) is 16.1. The molecule has 0 spiro atoms. The summed E-state index contributed by atoms with van der Waals surface area (Å²) in [6.07, 6.45) is 1.45. The van der Waals surface area contributed by atoms with Gasteiger partial charge in [-0.05, 0) is 44.5 Å². The highest BCUT2D eigenvalue weighted by atomic mass is 32.2. The fraction of sp³-hybridized carbons (Fsp3) is 0.600. The van der Waals surface area contributed by atoms with E-state index >= 15 is 0 Å². The van der Waals surface area contributed by atoms with Crippen molar-refractivity contribution in [3.8, 4) is 5.75 Å². The molecule has 0 aliphatic heterocycles. The van der Waals surface area contributed by atoms with Crippen LogP contribution in [0.5, 0.6) is 5.75 Å². The molecule has 0 amide bonds. The highest BCUT2D eigenvalue weighted by molar-refractivity contribution is 7.89. The molecular weight excluding hydrogens is 288 g/mol. The Kier molecular flexibility index (Phi) is 6.19.